The van der Waals surface area contributed by atoms with Crippen molar-refractivity contribution in [2.24, 2.45) is 0 Å². The first-order chi connectivity index (χ1) is 13.9. The average Bonchev–Trinajstić information content (AvgIpc) is 3.41. The number of amides is 1. The highest BCUT2D eigenvalue weighted by molar-refractivity contribution is 8.00. The smallest absolute Gasteiger partial charge is 0.296 e. The second kappa shape index (κ2) is 7.66. The van der Waals surface area contributed by atoms with E-state index in [9.17, 15) is 14.7 Å². The van der Waals surface area contributed by atoms with Gasteiger partial charge in [-0.25, -0.2) is 0 Å². The largest absolute Gasteiger partial charge is 0.503 e. The molecule has 0 unspecified atom stereocenters. The number of halogens is 1. The number of nitrogens with zero attached hydrogens (tertiary/aromatic N) is 3. The summed E-state index contributed by atoms with van der Waals surface area (Å²) in [5, 5.41) is 19.5. The number of aliphatic hydroxyl groups is 1. The van der Waals surface area contributed by atoms with Gasteiger partial charge in [0.05, 0.1) is 11.6 Å². The van der Waals surface area contributed by atoms with Crippen LogP contribution in [0.3, 0.4) is 0 Å². The molecule has 10 heteroatoms. The van der Waals surface area contributed by atoms with E-state index in [-0.39, 0.29) is 16.5 Å². The molecule has 1 atom stereocenters. The predicted octanol–water partition coefficient (Wildman–Crippen LogP) is 4.60. The second-order valence-corrected chi connectivity index (χ2v) is 8.63. The van der Waals surface area contributed by atoms with Crippen LogP contribution in [0.15, 0.2) is 56.5 Å². The van der Waals surface area contributed by atoms with Crippen LogP contribution in [0.2, 0.25) is 5.02 Å². The summed E-state index contributed by atoms with van der Waals surface area (Å²) in [6, 6.07) is 8.97. The fourth-order valence-electron chi connectivity index (χ4n) is 3.07. The fourth-order valence-corrected chi connectivity index (χ4v) is 4.48. The molecule has 1 N–H and O–H groups in total. The van der Waals surface area contributed by atoms with Crippen molar-refractivity contribution in [3.05, 3.63) is 69.8 Å². The first-order valence-electron chi connectivity index (χ1n) is 8.41. The average molecular weight is 448 g/mol. The summed E-state index contributed by atoms with van der Waals surface area (Å²) in [6.07, 6.45) is 1.84. The van der Waals surface area contributed by atoms with Crippen LogP contribution in [0.5, 0.6) is 0 Å². The van der Waals surface area contributed by atoms with Crippen molar-refractivity contribution in [3.63, 3.8) is 0 Å². The highest BCUT2D eigenvalue weighted by Gasteiger charge is 2.46. The lowest BCUT2D eigenvalue weighted by Crippen LogP contribution is -2.31. The molecule has 148 valence electrons. The molecule has 4 rings (SSSR count). The predicted molar refractivity (Wildman–Crippen MR) is 111 cm³/mol. The molecule has 0 saturated carbocycles. The van der Waals surface area contributed by atoms with Gasteiger partial charge >= 0.3 is 0 Å². The highest BCUT2D eigenvalue weighted by Crippen LogP contribution is 2.43. The number of furan rings is 1. The maximum Gasteiger partial charge on any atom is 0.296 e. The summed E-state index contributed by atoms with van der Waals surface area (Å²) in [5.41, 5.74) is 0.520. The van der Waals surface area contributed by atoms with E-state index in [1.807, 2.05) is 6.26 Å². The van der Waals surface area contributed by atoms with Crippen molar-refractivity contribution in [1.29, 1.82) is 0 Å². The molecule has 0 aliphatic carbocycles. The van der Waals surface area contributed by atoms with E-state index in [0.717, 1.165) is 0 Å². The number of carbonyl (C=O) groups is 2. The molecule has 0 bridgehead atoms. The van der Waals surface area contributed by atoms with E-state index >= 15 is 0 Å². The molecule has 1 aliphatic rings. The number of rotatable bonds is 5. The quantitative estimate of drug-likeness (QED) is 0.347. The molecule has 29 heavy (non-hydrogen) atoms. The third kappa shape index (κ3) is 3.45. The maximum absolute atomic E-state index is 13.2. The van der Waals surface area contributed by atoms with E-state index in [1.54, 1.807) is 37.3 Å². The first-order valence-corrected chi connectivity index (χ1v) is 10.8. The van der Waals surface area contributed by atoms with E-state index < -0.39 is 23.5 Å². The van der Waals surface area contributed by atoms with Gasteiger partial charge in [-0.3, -0.25) is 14.5 Å². The Balaban J connectivity index is 1.86. The van der Waals surface area contributed by atoms with Gasteiger partial charge in [-0.2, -0.15) is 0 Å². The summed E-state index contributed by atoms with van der Waals surface area (Å²) in [5.74, 6) is -1.34. The normalized spacial score (nSPS) is 16.7. The molecule has 0 radical (unpaired) electrons. The Kier molecular flexibility index (Phi) is 5.20. The molecule has 3 heterocycles. The number of aryl methyl sites for hydroxylation is 1. The summed E-state index contributed by atoms with van der Waals surface area (Å²) in [7, 11) is 0. The van der Waals surface area contributed by atoms with Crippen molar-refractivity contribution in [1.82, 2.24) is 10.2 Å². The van der Waals surface area contributed by atoms with Gasteiger partial charge in [-0.05, 0) is 43.0 Å². The summed E-state index contributed by atoms with van der Waals surface area (Å²) < 4.78 is 6.09. The fraction of sp³-hybridized carbons (Fsp3) is 0.158. The van der Waals surface area contributed by atoms with Gasteiger partial charge in [-0.15, -0.1) is 10.2 Å². The number of ketones is 1. The number of carbonyl (C=O) groups excluding carboxylic acids is 2. The number of aromatic nitrogens is 2. The Hall–Kier alpha value is -2.62. The second-order valence-electron chi connectivity index (χ2n) is 6.19. The number of Topliss-reactive ketones (excluding diaryl/α,β-unsaturated/α-hetero) is 1. The molecule has 0 fully saturated rings. The monoisotopic (exact) mass is 447 g/mol. The molecule has 0 spiro atoms. The van der Waals surface area contributed by atoms with E-state index in [1.165, 1.54) is 34.1 Å². The molecule has 3 aromatic rings. The highest BCUT2D eigenvalue weighted by atomic mass is 35.5. The molecule has 1 aliphatic heterocycles. The lowest BCUT2D eigenvalue weighted by Gasteiger charge is -2.23. The Morgan fingerprint density at radius 2 is 1.97 bits per heavy atom. The van der Waals surface area contributed by atoms with Crippen LogP contribution in [-0.2, 0) is 4.79 Å². The zero-order chi connectivity index (χ0) is 20.7. The number of hydrogen-bond donors (Lipinski definition) is 1. The van der Waals surface area contributed by atoms with Crippen molar-refractivity contribution in [3.8, 4) is 0 Å². The van der Waals surface area contributed by atoms with Gasteiger partial charge in [0.2, 0.25) is 10.9 Å². The number of aliphatic hydroxyl groups excluding tert-OH is 1. The van der Waals surface area contributed by atoms with Crippen LogP contribution in [0.4, 0.5) is 5.13 Å². The summed E-state index contributed by atoms with van der Waals surface area (Å²) in [6.45, 7) is 1.71. The van der Waals surface area contributed by atoms with E-state index in [2.05, 4.69) is 10.2 Å². The van der Waals surface area contributed by atoms with Crippen LogP contribution < -0.4 is 4.90 Å². The summed E-state index contributed by atoms with van der Waals surface area (Å²) >= 11 is 8.59. The van der Waals surface area contributed by atoms with Crippen molar-refractivity contribution < 1.29 is 19.1 Å². The number of hydrogen-bond acceptors (Lipinski definition) is 8. The lowest BCUT2D eigenvalue weighted by atomic mass is 9.95. The standard InChI is InChI=1S/C19H14ClN3O4S2/c1-9-3-8-12(27-9)15(24)13-14(10-4-6-11(20)7-5-10)23(17(26)16(13)25)18-21-22-19(28-2)29-18/h3-8,14,25H,1-2H3/t14-/m0/s1. The molecule has 0 saturated heterocycles. The zero-order valence-corrected chi connectivity index (χ0v) is 17.6. The maximum atomic E-state index is 13.2. The molecule has 1 aromatic carbocycles. The lowest BCUT2D eigenvalue weighted by molar-refractivity contribution is -0.117. The Labute approximate surface area is 179 Å². The van der Waals surface area contributed by atoms with Gasteiger partial charge in [0.25, 0.3) is 5.91 Å². The van der Waals surface area contributed by atoms with Gasteiger partial charge in [0.15, 0.2) is 15.9 Å². The Morgan fingerprint density at radius 1 is 1.24 bits per heavy atom. The number of thioether (sulfide) groups is 1. The minimum atomic E-state index is -0.889. The number of benzene rings is 1. The molecule has 1 amide bonds. The van der Waals surface area contributed by atoms with Crippen molar-refractivity contribution in [2.45, 2.75) is 17.3 Å². The minimum Gasteiger partial charge on any atom is -0.503 e. The number of anilines is 1. The Bertz CT molecular complexity index is 1140. The van der Waals surface area contributed by atoms with Crippen LogP contribution in [0, 0.1) is 6.92 Å². The first kappa shape index (κ1) is 19.7. The molecular weight excluding hydrogens is 434 g/mol. The van der Waals surface area contributed by atoms with Gasteiger partial charge in [0.1, 0.15) is 5.76 Å². The van der Waals surface area contributed by atoms with E-state index in [0.29, 0.717) is 20.7 Å². The minimum absolute atomic E-state index is 0.0414. The van der Waals surface area contributed by atoms with Gasteiger partial charge in [-0.1, -0.05) is 46.8 Å². The third-order valence-corrected chi connectivity index (χ3v) is 6.53. The van der Waals surface area contributed by atoms with E-state index in [4.69, 9.17) is 16.0 Å². The SMILES string of the molecule is CSc1nnc(N2C(=O)C(O)=C(C(=O)c3ccc(C)o3)[C@@H]2c2ccc(Cl)cc2)s1. The van der Waals surface area contributed by atoms with Gasteiger partial charge in [0, 0.05) is 5.02 Å². The van der Waals surface area contributed by atoms with Crippen molar-refractivity contribution >= 4 is 51.5 Å². The molecule has 7 nitrogen and oxygen atoms in total. The van der Waals surface area contributed by atoms with Gasteiger partial charge < -0.3 is 9.52 Å². The Morgan fingerprint density at radius 3 is 2.55 bits per heavy atom. The van der Waals surface area contributed by atoms with Crippen LogP contribution in [0.25, 0.3) is 0 Å². The van der Waals surface area contributed by atoms with Crippen molar-refractivity contribution in [2.75, 3.05) is 11.2 Å². The third-order valence-electron chi connectivity index (χ3n) is 4.38. The van der Waals surface area contributed by atoms with Crippen LogP contribution in [0.1, 0.15) is 27.9 Å². The molecular formula is C19H14ClN3O4S2. The van der Waals surface area contributed by atoms with Crippen LogP contribution >= 0.6 is 34.7 Å². The topological polar surface area (TPSA) is 96.5 Å². The van der Waals surface area contributed by atoms with Crippen LogP contribution in [-0.4, -0.2) is 33.3 Å². The summed E-state index contributed by atoms with van der Waals surface area (Å²) in [4.78, 5) is 27.4. The molecule has 2 aromatic heterocycles. The zero-order valence-electron chi connectivity index (χ0n) is 15.2.